The molecule has 0 aliphatic carbocycles. The van der Waals surface area contributed by atoms with Gasteiger partial charge in [-0.15, -0.1) is 0 Å². The first-order valence-corrected chi connectivity index (χ1v) is 10.2. The number of esters is 1. The van der Waals surface area contributed by atoms with E-state index in [1.165, 1.54) is 30.3 Å². The normalized spacial score (nSPS) is 19.8. The van der Waals surface area contributed by atoms with Crippen LogP contribution in [0.4, 0.5) is 8.78 Å². The van der Waals surface area contributed by atoms with E-state index in [0.717, 1.165) is 12.1 Å². The number of carbonyl (C=O) groups excluding carboxylic acids is 1. The van der Waals surface area contributed by atoms with Gasteiger partial charge in [0.2, 0.25) is 10.0 Å². The Labute approximate surface area is 161 Å². The molecule has 0 fully saturated rings. The molecule has 2 aromatic rings. The fourth-order valence-electron chi connectivity index (χ4n) is 3.50. The van der Waals surface area contributed by atoms with Crippen molar-refractivity contribution in [2.75, 3.05) is 0 Å². The van der Waals surface area contributed by atoms with Crippen LogP contribution < -0.4 is 5.14 Å². The number of nitrogens with two attached hydrogens (primary N) is 1. The summed E-state index contributed by atoms with van der Waals surface area (Å²) < 4.78 is 55.8. The third kappa shape index (κ3) is 3.57. The number of cyclic esters (lactones) is 1. The average Bonchev–Trinajstić information content (AvgIpc) is 2.87. The summed E-state index contributed by atoms with van der Waals surface area (Å²) in [6.45, 7) is 3.67. The number of hydrogen-bond donors (Lipinski definition) is 1. The lowest BCUT2D eigenvalue weighted by molar-refractivity contribution is -0.143. The highest BCUT2D eigenvalue weighted by molar-refractivity contribution is 7.89. The van der Waals surface area contributed by atoms with Crippen LogP contribution in [0.5, 0.6) is 0 Å². The zero-order valence-corrected chi connectivity index (χ0v) is 16.1. The van der Waals surface area contributed by atoms with E-state index < -0.39 is 33.2 Å². The largest absolute Gasteiger partial charge is 0.451 e. The molecule has 3 rings (SSSR count). The van der Waals surface area contributed by atoms with Crippen LogP contribution in [0.15, 0.2) is 47.4 Å². The van der Waals surface area contributed by atoms with Gasteiger partial charge in [-0.1, -0.05) is 31.5 Å². The van der Waals surface area contributed by atoms with Crippen LogP contribution in [0, 0.1) is 11.6 Å². The second-order valence-corrected chi connectivity index (χ2v) is 8.38. The van der Waals surface area contributed by atoms with Crippen molar-refractivity contribution in [3.63, 3.8) is 0 Å². The molecule has 1 aliphatic rings. The number of primary sulfonamides is 1. The molecular weight excluding hydrogens is 388 g/mol. The number of benzene rings is 2. The Balaban J connectivity index is 2.25. The molecule has 0 radical (unpaired) electrons. The lowest BCUT2D eigenvalue weighted by Crippen LogP contribution is -2.27. The lowest BCUT2D eigenvalue weighted by Gasteiger charge is -2.26. The molecule has 148 valence electrons. The van der Waals surface area contributed by atoms with Crippen molar-refractivity contribution in [2.24, 2.45) is 5.14 Å². The number of carbonyl (C=O) groups is 1. The summed E-state index contributed by atoms with van der Waals surface area (Å²) in [5.74, 6) is -2.75. The van der Waals surface area contributed by atoms with E-state index in [2.05, 4.69) is 0 Å². The van der Waals surface area contributed by atoms with Gasteiger partial charge in [-0.05, 0) is 48.7 Å². The Morgan fingerprint density at radius 1 is 1.04 bits per heavy atom. The summed E-state index contributed by atoms with van der Waals surface area (Å²) in [5, 5.41) is 5.14. The van der Waals surface area contributed by atoms with Crippen molar-refractivity contribution in [1.82, 2.24) is 0 Å². The second-order valence-electron chi connectivity index (χ2n) is 6.82. The van der Waals surface area contributed by atoms with E-state index in [1.54, 1.807) is 6.92 Å². The number of rotatable bonds is 5. The van der Waals surface area contributed by atoms with Crippen LogP contribution in [-0.2, 0) is 19.6 Å². The third-order valence-corrected chi connectivity index (χ3v) is 5.64. The predicted molar refractivity (Wildman–Crippen MR) is 100 cm³/mol. The van der Waals surface area contributed by atoms with E-state index in [0.29, 0.717) is 24.0 Å². The van der Waals surface area contributed by atoms with Crippen molar-refractivity contribution in [1.29, 1.82) is 0 Å². The van der Waals surface area contributed by atoms with Crippen LogP contribution in [0.25, 0.3) is 11.1 Å². The Morgan fingerprint density at radius 3 is 2.18 bits per heavy atom. The van der Waals surface area contributed by atoms with Gasteiger partial charge in [0.05, 0.1) is 10.5 Å². The SMILES string of the molecule is CCCC1(C)OC(=O)C(c2ccc(F)c(F)c2)=C1c1ccc(S(N)(=O)=O)cc1. The average molecular weight is 407 g/mol. The molecule has 5 nitrogen and oxygen atoms in total. The maximum atomic E-state index is 13.8. The molecule has 0 bridgehead atoms. The Kier molecular flexibility index (Phi) is 5.12. The van der Waals surface area contributed by atoms with Crippen LogP contribution in [-0.4, -0.2) is 20.0 Å². The molecule has 28 heavy (non-hydrogen) atoms. The molecule has 1 heterocycles. The Morgan fingerprint density at radius 2 is 1.64 bits per heavy atom. The van der Waals surface area contributed by atoms with Gasteiger partial charge in [-0.3, -0.25) is 0 Å². The summed E-state index contributed by atoms with van der Waals surface area (Å²) in [4.78, 5) is 12.6. The van der Waals surface area contributed by atoms with Gasteiger partial charge in [-0.25, -0.2) is 27.1 Å². The predicted octanol–water partition coefficient (Wildman–Crippen LogP) is 3.64. The summed E-state index contributed by atoms with van der Waals surface area (Å²) in [6.07, 6.45) is 1.20. The molecule has 2 N–H and O–H groups in total. The first-order valence-electron chi connectivity index (χ1n) is 8.63. The van der Waals surface area contributed by atoms with Gasteiger partial charge >= 0.3 is 5.97 Å². The molecule has 1 atom stereocenters. The van der Waals surface area contributed by atoms with Crippen LogP contribution in [0.1, 0.15) is 37.8 Å². The van der Waals surface area contributed by atoms with E-state index in [4.69, 9.17) is 9.88 Å². The van der Waals surface area contributed by atoms with Gasteiger partial charge < -0.3 is 4.74 Å². The fourth-order valence-corrected chi connectivity index (χ4v) is 4.02. The summed E-state index contributed by atoms with van der Waals surface area (Å²) >= 11 is 0. The minimum Gasteiger partial charge on any atom is -0.451 e. The highest BCUT2D eigenvalue weighted by Gasteiger charge is 2.44. The first kappa shape index (κ1) is 20.2. The smallest absolute Gasteiger partial charge is 0.340 e. The van der Waals surface area contributed by atoms with E-state index in [9.17, 15) is 22.0 Å². The van der Waals surface area contributed by atoms with Crippen LogP contribution in [0.3, 0.4) is 0 Å². The first-order chi connectivity index (χ1) is 13.1. The topological polar surface area (TPSA) is 86.5 Å². The molecule has 0 spiro atoms. The summed E-state index contributed by atoms with van der Waals surface area (Å²) in [5.41, 5.74) is 0.350. The third-order valence-electron chi connectivity index (χ3n) is 4.71. The molecule has 1 unspecified atom stereocenters. The van der Waals surface area contributed by atoms with Crippen molar-refractivity contribution >= 4 is 27.1 Å². The second kappa shape index (κ2) is 7.10. The number of hydrogen-bond acceptors (Lipinski definition) is 4. The van der Waals surface area contributed by atoms with Crippen LogP contribution >= 0.6 is 0 Å². The summed E-state index contributed by atoms with van der Waals surface area (Å²) in [7, 11) is -3.87. The summed E-state index contributed by atoms with van der Waals surface area (Å²) in [6, 6.07) is 8.90. The number of sulfonamides is 1. The maximum absolute atomic E-state index is 13.8. The van der Waals surface area contributed by atoms with Crippen molar-refractivity contribution in [2.45, 2.75) is 37.2 Å². The Hall–Kier alpha value is -2.58. The van der Waals surface area contributed by atoms with Gasteiger partial charge in [-0.2, -0.15) is 0 Å². The number of ether oxygens (including phenoxy) is 1. The minimum atomic E-state index is -3.87. The molecule has 0 saturated carbocycles. The molecule has 0 saturated heterocycles. The molecule has 1 aliphatic heterocycles. The quantitative estimate of drug-likeness (QED) is 0.767. The molecule has 2 aromatic carbocycles. The number of halogens is 2. The fraction of sp³-hybridized carbons (Fsp3) is 0.250. The lowest BCUT2D eigenvalue weighted by atomic mass is 9.83. The van der Waals surface area contributed by atoms with Gasteiger partial charge in [0, 0.05) is 5.57 Å². The van der Waals surface area contributed by atoms with E-state index in [-0.39, 0.29) is 16.0 Å². The van der Waals surface area contributed by atoms with Crippen molar-refractivity contribution < 1.29 is 26.7 Å². The van der Waals surface area contributed by atoms with Crippen molar-refractivity contribution in [3.8, 4) is 0 Å². The maximum Gasteiger partial charge on any atom is 0.340 e. The monoisotopic (exact) mass is 407 g/mol. The van der Waals surface area contributed by atoms with E-state index in [1.807, 2.05) is 6.92 Å². The zero-order valence-electron chi connectivity index (χ0n) is 15.3. The van der Waals surface area contributed by atoms with E-state index >= 15 is 0 Å². The van der Waals surface area contributed by atoms with Gasteiger partial charge in [0.15, 0.2) is 11.6 Å². The van der Waals surface area contributed by atoms with Gasteiger partial charge in [0.1, 0.15) is 5.60 Å². The molecular formula is C20H19F2NO4S. The highest BCUT2D eigenvalue weighted by atomic mass is 32.2. The van der Waals surface area contributed by atoms with Crippen molar-refractivity contribution in [3.05, 3.63) is 65.2 Å². The Bertz CT molecular complexity index is 1080. The minimum absolute atomic E-state index is 0.0753. The zero-order chi connectivity index (χ0) is 20.7. The molecule has 0 aromatic heterocycles. The highest BCUT2D eigenvalue weighted by Crippen LogP contribution is 2.46. The van der Waals surface area contributed by atoms with Gasteiger partial charge in [0.25, 0.3) is 0 Å². The molecule has 8 heteroatoms. The molecule has 0 amide bonds. The standard InChI is InChI=1S/C20H19F2NO4S/c1-3-10-20(2)18(12-4-7-14(8-5-12)28(23,25)26)17(19(24)27-20)13-6-9-15(21)16(22)11-13/h4-9,11H,3,10H2,1-2H3,(H2,23,25,26). The van der Waals surface area contributed by atoms with Crippen LogP contribution in [0.2, 0.25) is 0 Å².